The van der Waals surface area contributed by atoms with Crippen molar-refractivity contribution in [2.75, 3.05) is 27.5 Å². The molecule has 0 spiro atoms. The van der Waals surface area contributed by atoms with Crippen LogP contribution >= 0.6 is 0 Å². The SMILES string of the molecule is CCOC(=O)C(=NOC)c1ccc(C(=C(CC)c2ccccc2)c2ccccc2OCNC)cc1. The van der Waals surface area contributed by atoms with E-state index in [1.165, 1.54) is 12.7 Å². The third-order valence-corrected chi connectivity index (χ3v) is 5.40. The van der Waals surface area contributed by atoms with Gasteiger partial charge in [-0.15, -0.1) is 0 Å². The number of esters is 1. The summed E-state index contributed by atoms with van der Waals surface area (Å²) >= 11 is 0. The molecule has 6 nitrogen and oxygen atoms in total. The highest BCUT2D eigenvalue weighted by Gasteiger charge is 2.20. The van der Waals surface area contributed by atoms with Gasteiger partial charge in [-0.2, -0.15) is 0 Å². The Morgan fingerprint density at radius 1 is 0.857 bits per heavy atom. The van der Waals surface area contributed by atoms with Gasteiger partial charge in [0.05, 0.1) is 6.61 Å². The molecule has 0 aromatic heterocycles. The fourth-order valence-corrected chi connectivity index (χ4v) is 3.90. The Kier molecular flexibility index (Phi) is 9.63. The van der Waals surface area contributed by atoms with Gasteiger partial charge in [0.25, 0.3) is 0 Å². The zero-order chi connectivity index (χ0) is 25.0. The van der Waals surface area contributed by atoms with Gasteiger partial charge in [0.1, 0.15) is 19.6 Å². The van der Waals surface area contributed by atoms with Crippen LogP contribution in [0.2, 0.25) is 0 Å². The van der Waals surface area contributed by atoms with Gasteiger partial charge in [-0.25, -0.2) is 4.79 Å². The predicted molar refractivity (Wildman–Crippen MR) is 140 cm³/mol. The Bertz CT molecular complexity index is 1170. The number of nitrogens with zero attached hydrogens (tertiary/aromatic N) is 1. The lowest BCUT2D eigenvalue weighted by Crippen LogP contribution is -2.19. The average Bonchev–Trinajstić information content (AvgIpc) is 2.90. The molecule has 0 saturated heterocycles. The number of carbonyl (C=O) groups is 1. The molecule has 0 saturated carbocycles. The second kappa shape index (κ2) is 13.1. The number of nitrogens with one attached hydrogen (secondary N) is 1. The zero-order valence-corrected chi connectivity index (χ0v) is 20.7. The minimum absolute atomic E-state index is 0.128. The highest BCUT2D eigenvalue weighted by molar-refractivity contribution is 6.43. The molecule has 0 bridgehead atoms. The number of hydrogen-bond donors (Lipinski definition) is 1. The van der Waals surface area contributed by atoms with Crippen LogP contribution in [0.4, 0.5) is 0 Å². The number of allylic oxidation sites excluding steroid dienone is 1. The van der Waals surface area contributed by atoms with E-state index in [1.54, 1.807) is 6.92 Å². The molecule has 0 fully saturated rings. The third kappa shape index (κ3) is 6.37. The van der Waals surface area contributed by atoms with E-state index in [2.05, 4.69) is 35.6 Å². The number of hydrogen-bond acceptors (Lipinski definition) is 6. The maximum Gasteiger partial charge on any atom is 0.361 e. The molecule has 35 heavy (non-hydrogen) atoms. The lowest BCUT2D eigenvalue weighted by molar-refractivity contribution is -0.135. The lowest BCUT2D eigenvalue weighted by Gasteiger charge is -2.19. The van der Waals surface area contributed by atoms with E-state index in [0.29, 0.717) is 12.3 Å². The molecule has 6 heteroatoms. The molecule has 0 radical (unpaired) electrons. The Morgan fingerprint density at radius 3 is 2.14 bits per heavy atom. The van der Waals surface area contributed by atoms with Crippen LogP contribution in [-0.2, 0) is 14.4 Å². The van der Waals surface area contributed by atoms with Gasteiger partial charge in [-0.3, -0.25) is 5.32 Å². The predicted octanol–water partition coefficient (Wildman–Crippen LogP) is 5.53. The van der Waals surface area contributed by atoms with Crippen molar-refractivity contribution in [3.8, 4) is 5.75 Å². The quantitative estimate of drug-likeness (QED) is 0.131. The molecular formula is C29H32N2O4. The molecule has 0 atom stereocenters. The fourth-order valence-electron chi connectivity index (χ4n) is 3.90. The highest BCUT2D eigenvalue weighted by atomic mass is 16.6. The molecule has 3 aromatic rings. The molecule has 3 aromatic carbocycles. The maximum atomic E-state index is 12.4. The largest absolute Gasteiger partial charge is 0.478 e. The second-order valence-electron chi connectivity index (χ2n) is 7.63. The van der Waals surface area contributed by atoms with Crippen LogP contribution in [0.1, 0.15) is 42.5 Å². The number of ether oxygens (including phenoxy) is 2. The van der Waals surface area contributed by atoms with Crippen molar-refractivity contribution in [3.05, 3.63) is 101 Å². The van der Waals surface area contributed by atoms with Crippen LogP contribution in [-0.4, -0.2) is 39.2 Å². The highest BCUT2D eigenvalue weighted by Crippen LogP contribution is 2.38. The maximum absolute atomic E-state index is 12.4. The molecule has 1 N–H and O–H groups in total. The van der Waals surface area contributed by atoms with Gasteiger partial charge in [-0.1, -0.05) is 84.9 Å². The number of carbonyl (C=O) groups excluding carboxylic acids is 1. The summed E-state index contributed by atoms with van der Waals surface area (Å²) < 4.78 is 11.2. The van der Waals surface area contributed by atoms with E-state index in [0.717, 1.165) is 34.4 Å². The normalized spacial score (nSPS) is 12.1. The Hall–Kier alpha value is -3.90. The topological polar surface area (TPSA) is 69.2 Å². The van der Waals surface area contributed by atoms with E-state index in [-0.39, 0.29) is 12.3 Å². The van der Waals surface area contributed by atoms with Crippen LogP contribution in [0, 0.1) is 0 Å². The Labute approximate surface area is 207 Å². The van der Waals surface area contributed by atoms with Gasteiger partial charge < -0.3 is 14.3 Å². The lowest BCUT2D eigenvalue weighted by atomic mass is 9.87. The molecule has 0 unspecified atom stereocenters. The summed E-state index contributed by atoms with van der Waals surface area (Å²) in [5.74, 6) is 0.262. The summed E-state index contributed by atoms with van der Waals surface area (Å²) in [6, 6.07) is 26.1. The average molecular weight is 473 g/mol. The van der Waals surface area contributed by atoms with Crippen molar-refractivity contribution in [3.63, 3.8) is 0 Å². The van der Waals surface area contributed by atoms with Gasteiger partial charge in [-0.05, 0) is 48.7 Å². The van der Waals surface area contributed by atoms with Gasteiger partial charge in [0.15, 0.2) is 5.71 Å². The van der Waals surface area contributed by atoms with E-state index in [1.807, 2.05) is 67.7 Å². The summed E-state index contributed by atoms with van der Waals surface area (Å²) in [5.41, 5.74) is 6.14. The first-order valence-corrected chi connectivity index (χ1v) is 11.7. The first-order valence-electron chi connectivity index (χ1n) is 11.7. The molecule has 0 heterocycles. The number of rotatable bonds is 11. The molecule has 0 amide bonds. The van der Waals surface area contributed by atoms with Crippen molar-refractivity contribution in [2.24, 2.45) is 5.16 Å². The molecule has 0 aliphatic heterocycles. The zero-order valence-electron chi connectivity index (χ0n) is 20.7. The smallest absolute Gasteiger partial charge is 0.361 e. The van der Waals surface area contributed by atoms with Crippen molar-refractivity contribution in [1.29, 1.82) is 0 Å². The van der Waals surface area contributed by atoms with Crippen LogP contribution in [0.3, 0.4) is 0 Å². The summed E-state index contributed by atoms with van der Waals surface area (Å²) in [7, 11) is 3.26. The first kappa shape index (κ1) is 25.7. The molecule has 0 aliphatic carbocycles. The molecule has 182 valence electrons. The van der Waals surface area contributed by atoms with Gasteiger partial charge in [0, 0.05) is 11.1 Å². The molecule has 0 aliphatic rings. The number of para-hydroxylation sites is 1. The summed E-state index contributed by atoms with van der Waals surface area (Å²) in [4.78, 5) is 17.3. The van der Waals surface area contributed by atoms with E-state index < -0.39 is 5.97 Å². The Balaban J connectivity index is 2.19. The van der Waals surface area contributed by atoms with Crippen molar-refractivity contribution < 1.29 is 19.1 Å². The summed E-state index contributed by atoms with van der Waals surface area (Å²) in [6.45, 7) is 4.56. The van der Waals surface area contributed by atoms with Gasteiger partial charge in [0.2, 0.25) is 0 Å². The fraction of sp³-hybridized carbons (Fsp3) is 0.241. The Morgan fingerprint density at radius 2 is 1.51 bits per heavy atom. The van der Waals surface area contributed by atoms with Crippen molar-refractivity contribution >= 4 is 22.8 Å². The number of oxime groups is 1. The first-order chi connectivity index (χ1) is 17.1. The molecular weight excluding hydrogens is 440 g/mol. The van der Waals surface area contributed by atoms with E-state index in [9.17, 15) is 4.79 Å². The molecule has 3 rings (SSSR count). The third-order valence-electron chi connectivity index (χ3n) is 5.40. The summed E-state index contributed by atoms with van der Waals surface area (Å²) in [5, 5.41) is 6.94. The van der Waals surface area contributed by atoms with Crippen LogP contribution < -0.4 is 10.1 Å². The second-order valence-corrected chi connectivity index (χ2v) is 7.63. The summed E-state index contributed by atoms with van der Waals surface area (Å²) in [6.07, 6.45) is 0.820. The van der Waals surface area contributed by atoms with E-state index in [4.69, 9.17) is 14.3 Å². The van der Waals surface area contributed by atoms with E-state index >= 15 is 0 Å². The van der Waals surface area contributed by atoms with Crippen molar-refractivity contribution in [1.82, 2.24) is 5.32 Å². The minimum atomic E-state index is -0.526. The monoisotopic (exact) mass is 472 g/mol. The number of benzene rings is 3. The van der Waals surface area contributed by atoms with Crippen molar-refractivity contribution in [2.45, 2.75) is 20.3 Å². The van der Waals surface area contributed by atoms with Gasteiger partial charge >= 0.3 is 5.97 Å². The van der Waals surface area contributed by atoms with Crippen LogP contribution in [0.15, 0.2) is 84.0 Å². The van der Waals surface area contributed by atoms with Crippen LogP contribution in [0.25, 0.3) is 11.1 Å². The van der Waals surface area contributed by atoms with Crippen LogP contribution in [0.5, 0.6) is 5.75 Å². The standard InChI is InChI=1S/C29H32N2O4/c1-5-24(21-12-8-7-9-13-21)27(25-14-10-11-15-26(25)35-20-30-3)22-16-18-23(19-17-22)28(31-33-4)29(32)34-6-2/h7-19,30H,5-6,20H2,1-4H3. The minimum Gasteiger partial charge on any atom is -0.478 e.